The van der Waals surface area contributed by atoms with Crippen molar-refractivity contribution in [2.45, 2.75) is 39.2 Å². The molecule has 1 aliphatic rings. The van der Waals surface area contributed by atoms with Gasteiger partial charge < -0.3 is 10.1 Å². The van der Waals surface area contributed by atoms with Gasteiger partial charge in [0.15, 0.2) is 12.4 Å². The largest absolute Gasteiger partial charge is 0.484 e. The summed E-state index contributed by atoms with van der Waals surface area (Å²) in [6.07, 6.45) is 3.37. The van der Waals surface area contributed by atoms with Crippen LogP contribution in [0, 0.1) is 17.7 Å². The molecule has 0 aliphatic heterocycles. The number of ketones is 1. The maximum atomic E-state index is 13.0. The monoisotopic (exact) mass is 383 g/mol. The minimum atomic E-state index is -0.379. The predicted molar refractivity (Wildman–Crippen MR) is 106 cm³/mol. The Morgan fingerprint density at radius 3 is 2.25 bits per heavy atom. The first-order valence-corrected chi connectivity index (χ1v) is 9.76. The molecule has 1 aliphatic carbocycles. The van der Waals surface area contributed by atoms with E-state index in [2.05, 4.69) is 19.2 Å². The van der Waals surface area contributed by atoms with Crippen LogP contribution in [0.3, 0.4) is 0 Å². The molecule has 3 unspecified atom stereocenters. The van der Waals surface area contributed by atoms with Crippen LogP contribution >= 0.6 is 0 Å². The van der Waals surface area contributed by atoms with E-state index in [0.717, 1.165) is 12.8 Å². The van der Waals surface area contributed by atoms with Crippen molar-refractivity contribution in [2.75, 3.05) is 6.61 Å². The summed E-state index contributed by atoms with van der Waals surface area (Å²) < 4.78 is 18.5. The second-order valence-electron chi connectivity index (χ2n) is 7.59. The summed E-state index contributed by atoms with van der Waals surface area (Å²) in [5.74, 6) is 0.911. The minimum absolute atomic E-state index is 0.0527. The number of ether oxygens (including phenoxy) is 1. The summed E-state index contributed by atoms with van der Waals surface area (Å²) in [7, 11) is 0. The summed E-state index contributed by atoms with van der Waals surface area (Å²) in [6.45, 7) is 4.36. The molecular weight excluding hydrogens is 357 g/mol. The highest BCUT2D eigenvalue weighted by molar-refractivity contribution is 6.09. The molecule has 1 fully saturated rings. The Kier molecular flexibility index (Phi) is 6.45. The quantitative estimate of drug-likeness (QED) is 0.754. The van der Waals surface area contributed by atoms with E-state index in [9.17, 15) is 14.0 Å². The molecule has 28 heavy (non-hydrogen) atoms. The van der Waals surface area contributed by atoms with Gasteiger partial charge in [0.2, 0.25) is 0 Å². The average molecular weight is 383 g/mol. The molecule has 2 aromatic rings. The Hall–Kier alpha value is -2.69. The minimum Gasteiger partial charge on any atom is -0.484 e. The molecule has 148 valence electrons. The Morgan fingerprint density at radius 2 is 1.61 bits per heavy atom. The van der Waals surface area contributed by atoms with E-state index in [1.165, 1.54) is 30.7 Å². The van der Waals surface area contributed by atoms with Crippen molar-refractivity contribution in [1.29, 1.82) is 0 Å². The van der Waals surface area contributed by atoms with Crippen molar-refractivity contribution in [3.8, 4) is 5.75 Å². The number of carbonyl (C=O) groups is 2. The second kappa shape index (κ2) is 9.00. The lowest BCUT2D eigenvalue weighted by Crippen LogP contribution is -2.45. The van der Waals surface area contributed by atoms with Crippen LogP contribution in [0.2, 0.25) is 0 Å². The van der Waals surface area contributed by atoms with Crippen molar-refractivity contribution in [3.05, 3.63) is 65.5 Å². The zero-order valence-corrected chi connectivity index (χ0v) is 16.3. The highest BCUT2D eigenvalue weighted by Gasteiger charge is 2.28. The number of rotatable bonds is 6. The fraction of sp³-hybridized carbons (Fsp3) is 0.391. The number of hydrogen-bond donors (Lipinski definition) is 1. The molecular formula is C23H26FNO3. The van der Waals surface area contributed by atoms with Crippen LogP contribution in [0.1, 0.15) is 49.0 Å². The summed E-state index contributed by atoms with van der Waals surface area (Å²) in [4.78, 5) is 24.6. The summed E-state index contributed by atoms with van der Waals surface area (Å²) in [5.41, 5.74) is 0.902. The van der Waals surface area contributed by atoms with E-state index in [4.69, 9.17) is 4.74 Å². The topological polar surface area (TPSA) is 55.4 Å². The lowest BCUT2D eigenvalue weighted by atomic mass is 9.78. The third kappa shape index (κ3) is 4.97. The molecule has 0 saturated heterocycles. The van der Waals surface area contributed by atoms with Crippen molar-refractivity contribution in [1.82, 2.24) is 5.32 Å². The van der Waals surface area contributed by atoms with E-state index < -0.39 is 0 Å². The molecule has 0 bridgehead atoms. The van der Waals surface area contributed by atoms with Gasteiger partial charge in [0.25, 0.3) is 5.91 Å². The number of halogens is 1. The highest BCUT2D eigenvalue weighted by atomic mass is 19.1. The van der Waals surface area contributed by atoms with Gasteiger partial charge in [-0.05, 0) is 66.8 Å². The van der Waals surface area contributed by atoms with Gasteiger partial charge in [-0.2, -0.15) is 0 Å². The van der Waals surface area contributed by atoms with Crippen molar-refractivity contribution in [3.63, 3.8) is 0 Å². The average Bonchev–Trinajstić information content (AvgIpc) is 2.70. The van der Waals surface area contributed by atoms with Gasteiger partial charge in [-0.15, -0.1) is 0 Å². The Morgan fingerprint density at radius 1 is 1.00 bits per heavy atom. The fourth-order valence-corrected chi connectivity index (χ4v) is 3.65. The van der Waals surface area contributed by atoms with Crippen LogP contribution in [-0.4, -0.2) is 24.3 Å². The van der Waals surface area contributed by atoms with Crippen molar-refractivity contribution < 1.29 is 18.7 Å². The lowest BCUT2D eigenvalue weighted by molar-refractivity contribution is -0.124. The van der Waals surface area contributed by atoms with E-state index >= 15 is 0 Å². The molecule has 5 heteroatoms. The second-order valence-corrected chi connectivity index (χ2v) is 7.59. The first kappa shape index (κ1) is 20.1. The van der Waals surface area contributed by atoms with Crippen LogP contribution in [0.4, 0.5) is 4.39 Å². The molecule has 3 rings (SSSR count). The van der Waals surface area contributed by atoms with Crippen LogP contribution < -0.4 is 10.1 Å². The van der Waals surface area contributed by atoms with Gasteiger partial charge in [0.1, 0.15) is 11.6 Å². The molecule has 2 aromatic carbocycles. The number of nitrogens with one attached hydrogen (secondary N) is 1. The van der Waals surface area contributed by atoms with Gasteiger partial charge >= 0.3 is 0 Å². The fourth-order valence-electron chi connectivity index (χ4n) is 3.65. The number of carbonyl (C=O) groups excluding carboxylic acids is 2. The van der Waals surface area contributed by atoms with E-state index in [1.54, 1.807) is 24.3 Å². The van der Waals surface area contributed by atoms with Crippen molar-refractivity contribution >= 4 is 11.7 Å². The molecule has 0 aromatic heterocycles. The SMILES string of the molecule is CC1CCCC(NC(=O)COc2ccc(C(=O)c3ccc(F)cc3)cc2)C1C. The Labute approximate surface area is 165 Å². The van der Waals surface area contributed by atoms with E-state index in [0.29, 0.717) is 28.7 Å². The third-order valence-corrected chi connectivity index (χ3v) is 5.65. The van der Waals surface area contributed by atoms with E-state index in [1.807, 2.05) is 0 Å². The molecule has 1 N–H and O–H groups in total. The zero-order valence-electron chi connectivity index (χ0n) is 16.3. The number of benzene rings is 2. The van der Waals surface area contributed by atoms with Crippen LogP contribution in [0.15, 0.2) is 48.5 Å². The van der Waals surface area contributed by atoms with Gasteiger partial charge in [0.05, 0.1) is 0 Å². The normalized spacial score (nSPS) is 21.8. The maximum Gasteiger partial charge on any atom is 0.258 e. The van der Waals surface area contributed by atoms with Crippen molar-refractivity contribution in [2.24, 2.45) is 11.8 Å². The number of amides is 1. The highest BCUT2D eigenvalue weighted by Crippen LogP contribution is 2.29. The predicted octanol–water partition coefficient (Wildman–Crippen LogP) is 4.38. The Bertz CT molecular complexity index is 817. The smallest absolute Gasteiger partial charge is 0.258 e. The van der Waals surface area contributed by atoms with Gasteiger partial charge in [-0.3, -0.25) is 9.59 Å². The molecule has 3 atom stereocenters. The molecule has 4 nitrogen and oxygen atoms in total. The maximum absolute atomic E-state index is 13.0. The lowest BCUT2D eigenvalue weighted by Gasteiger charge is -2.34. The molecule has 0 radical (unpaired) electrons. The van der Waals surface area contributed by atoms with Crippen LogP contribution in [0.25, 0.3) is 0 Å². The zero-order chi connectivity index (χ0) is 20.1. The number of hydrogen-bond acceptors (Lipinski definition) is 3. The third-order valence-electron chi connectivity index (χ3n) is 5.65. The van der Waals surface area contributed by atoms with Gasteiger partial charge in [-0.25, -0.2) is 4.39 Å². The van der Waals surface area contributed by atoms with Gasteiger partial charge in [-0.1, -0.05) is 26.7 Å². The molecule has 0 heterocycles. The standard InChI is InChI=1S/C23H26FNO3/c1-15-4-3-5-21(16(15)2)25-22(26)14-28-20-12-8-18(9-13-20)23(27)17-6-10-19(24)11-7-17/h6-13,15-16,21H,3-5,14H2,1-2H3,(H,25,26). The van der Waals surface area contributed by atoms with Gasteiger partial charge in [0, 0.05) is 17.2 Å². The van der Waals surface area contributed by atoms with E-state index in [-0.39, 0.29) is 30.2 Å². The summed E-state index contributed by atoms with van der Waals surface area (Å²) in [6, 6.07) is 12.3. The molecule has 1 saturated carbocycles. The summed E-state index contributed by atoms with van der Waals surface area (Å²) >= 11 is 0. The van der Waals surface area contributed by atoms with Crippen LogP contribution in [-0.2, 0) is 4.79 Å². The van der Waals surface area contributed by atoms with Crippen LogP contribution in [0.5, 0.6) is 5.75 Å². The molecule has 0 spiro atoms. The molecule has 1 amide bonds. The first-order chi connectivity index (χ1) is 13.4. The Balaban J connectivity index is 1.52. The summed E-state index contributed by atoms with van der Waals surface area (Å²) in [5, 5.41) is 3.08. The first-order valence-electron chi connectivity index (χ1n) is 9.76.